The molecule has 0 saturated carbocycles. The van der Waals surface area contributed by atoms with Gasteiger partial charge < -0.3 is 20.1 Å². The van der Waals surface area contributed by atoms with Crippen LogP contribution in [0.4, 0.5) is 0 Å². The number of para-hydroxylation sites is 1. The first-order valence-electron chi connectivity index (χ1n) is 8.02. The van der Waals surface area contributed by atoms with Crippen LogP contribution in [0, 0.1) is 0 Å². The minimum atomic E-state index is 0.247. The van der Waals surface area contributed by atoms with Crippen molar-refractivity contribution in [2.75, 3.05) is 26.7 Å². The Hall–Kier alpha value is -1.26. The van der Waals surface area contributed by atoms with Gasteiger partial charge in [-0.15, -0.1) is 0 Å². The third-order valence-corrected chi connectivity index (χ3v) is 4.36. The topological polar surface area (TPSA) is 44.7 Å². The Morgan fingerprint density at radius 3 is 3.00 bits per heavy atom. The van der Waals surface area contributed by atoms with Gasteiger partial charge in [0.15, 0.2) is 11.5 Å². The Balaban J connectivity index is 1.68. The molecule has 0 amide bonds. The number of nitrogens with zero attached hydrogens (tertiary/aromatic N) is 1. The van der Waals surface area contributed by atoms with Crippen LogP contribution in [0.5, 0.6) is 11.5 Å². The van der Waals surface area contributed by atoms with Crippen molar-refractivity contribution in [1.29, 1.82) is 0 Å². The number of hydrogen-bond acceptors (Lipinski definition) is 4. The molecule has 0 bridgehead atoms. The van der Waals surface area contributed by atoms with Crippen LogP contribution in [-0.4, -0.2) is 42.8 Å². The van der Waals surface area contributed by atoms with Crippen molar-refractivity contribution < 1.29 is 9.84 Å². The van der Waals surface area contributed by atoms with Gasteiger partial charge in [-0.05, 0) is 51.9 Å². The number of likely N-dealkylation sites (tertiary alicyclic amines) is 1. The van der Waals surface area contributed by atoms with Crippen LogP contribution in [-0.2, 0) is 6.54 Å². The van der Waals surface area contributed by atoms with Gasteiger partial charge in [-0.1, -0.05) is 18.6 Å². The van der Waals surface area contributed by atoms with Crippen molar-refractivity contribution in [3.05, 3.63) is 23.8 Å². The lowest BCUT2D eigenvalue weighted by Gasteiger charge is -2.33. The normalized spacial score (nSPS) is 19.6. The van der Waals surface area contributed by atoms with Crippen LogP contribution >= 0.6 is 0 Å². The molecule has 0 aromatic heterocycles. The Kier molecular flexibility index (Phi) is 6.33. The summed E-state index contributed by atoms with van der Waals surface area (Å²) in [4.78, 5) is 2.59. The summed E-state index contributed by atoms with van der Waals surface area (Å²) in [5, 5.41) is 13.4. The van der Waals surface area contributed by atoms with Crippen molar-refractivity contribution in [3.63, 3.8) is 0 Å². The minimum absolute atomic E-state index is 0.247. The predicted molar refractivity (Wildman–Crippen MR) is 85.9 cm³/mol. The summed E-state index contributed by atoms with van der Waals surface area (Å²) in [5.74, 6) is 0.786. The zero-order chi connectivity index (χ0) is 15.1. The molecule has 1 fully saturated rings. The van der Waals surface area contributed by atoms with Crippen LogP contribution in [0.1, 0.15) is 38.2 Å². The van der Waals surface area contributed by atoms with Crippen LogP contribution < -0.4 is 10.1 Å². The van der Waals surface area contributed by atoms with Gasteiger partial charge in [0.1, 0.15) is 0 Å². The van der Waals surface area contributed by atoms with Gasteiger partial charge >= 0.3 is 0 Å². The molecule has 0 radical (unpaired) electrons. The molecule has 1 heterocycles. The predicted octanol–water partition coefficient (Wildman–Crippen LogP) is 2.75. The van der Waals surface area contributed by atoms with Gasteiger partial charge in [-0.3, -0.25) is 0 Å². The molecule has 2 N–H and O–H groups in total. The highest BCUT2D eigenvalue weighted by Gasteiger charge is 2.17. The lowest BCUT2D eigenvalue weighted by molar-refractivity contribution is 0.159. The number of hydrogen-bond donors (Lipinski definition) is 2. The molecule has 1 aliphatic rings. The maximum absolute atomic E-state index is 10.0. The Bertz CT molecular complexity index is 437. The maximum atomic E-state index is 10.0. The zero-order valence-corrected chi connectivity index (χ0v) is 13.3. The average Bonchev–Trinajstić information content (AvgIpc) is 2.50. The van der Waals surface area contributed by atoms with Gasteiger partial charge in [-0.2, -0.15) is 0 Å². The van der Waals surface area contributed by atoms with Crippen LogP contribution in [0.15, 0.2) is 18.2 Å². The monoisotopic (exact) mass is 292 g/mol. The molecular weight excluding hydrogens is 264 g/mol. The van der Waals surface area contributed by atoms with E-state index in [0.717, 1.165) is 31.1 Å². The maximum Gasteiger partial charge on any atom is 0.162 e. The van der Waals surface area contributed by atoms with E-state index in [1.807, 2.05) is 12.1 Å². The largest absolute Gasteiger partial charge is 0.504 e. The van der Waals surface area contributed by atoms with E-state index in [2.05, 4.69) is 17.1 Å². The fourth-order valence-electron chi connectivity index (χ4n) is 3.00. The molecule has 4 nitrogen and oxygen atoms in total. The number of phenols is 1. The highest BCUT2D eigenvalue weighted by molar-refractivity contribution is 5.45. The summed E-state index contributed by atoms with van der Waals surface area (Å²) in [6.07, 6.45) is 5.21. The molecule has 1 atom stereocenters. The molecule has 0 spiro atoms. The molecule has 118 valence electrons. The van der Waals surface area contributed by atoms with E-state index < -0.39 is 0 Å². The van der Waals surface area contributed by atoms with Crippen molar-refractivity contribution in [1.82, 2.24) is 10.2 Å². The highest BCUT2D eigenvalue weighted by Crippen LogP contribution is 2.29. The molecule has 1 aromatic carbocycles. The van der Waals surface area contributed by atoms with Crippen molar-refractivity contribution in [2.24, 2.45) is 0 Å². The second-order valence-electron chi connectivity index (χ2n) is 5.88. The smallest absolute Gasteiger partial charge is 0.162 e. The second kappa shape index (κ2) is 8.25. The number of rotatable bonds is 7. The Morgan fingerprint density at radius 1 is 1.38 bits per heavy atom. The molecule has 1 aromatic rings. The van der Waals surface area contributed by atoms with E-state index >= 15 is 0 Å². The molecule has 2 rings (SSSR count). The number of aromatic hydroxyl groups is 1. The molecule has 1 unspecified atom stereocenters. The van der Waals surface area contributed by atoms with Crippen LogP contribution in [0.3, 0.4) is 0 Å². The van der Waals surface area contributed by atoms with Gasteiger partial charge in [-0.25, -0.2) is 0 Å². The number of piperidine rings is 1. The fraction of sp³-hybridized carbons (Fsp3) is 0.647. The molecule has 0 aliphatic carbocycles. The molecular formula is C17H28N2O2. The number of benzene rings is 1. The van der Waals surface area contributed by atoms with E-state index in [1.165, 1.54) is 25.8 Å². The molecule has 21 heavy (non-hydrogen) atoms. The van der Waals surface area contributed by atoms with Crippen LogP contribution in [0.2, 0.25) is 0 Å². The number of phenolic OH excluding ortho intramolecular Hbond substituents is 1. The second-order valence-corrected chi connectivity index (χ2v) is 5.88. The van der Waals surface area contributed by atoms with E-state index in [0.29, 0.717) is 12.3 Å². The van der Waals surface area contributed by atoms with E-state index in [4.69, 9.17) is 4.74 Å². The lowest BCUT2D eigenvalue weighted by atomic mass is 10.0. The van der Waals surface area contributed by atoms with Gasteiger partial charge in [0, 0.05) is 18.2 Å². The lowest BCUT2D eigenvalue weighted by Crippen LogP contribution is -2.38. The third kappa shape index (κ3) is 4.61. The SMILES string of the molecule is COc1cccc(CNCCCN2CCCCC2C)c1O. The van der Waals surface area contributed by atoms with Crippen molar-refractivity contribution in [2.45, 2.75) is 45.2 Å². The number of methoxy groups -OCH3 is 1. The van der Waals surface area contributed by atoms with Crippen LogP contribution in [0.25, 0.3) is 0 Å². The van der Waals surface area contributed by atoms with Crippen molar-refractivity contribution in [3.8, 4) is 11.5 Å². The Labute approximate surface area is 128 Å². The Morgan fingerprint density at radius 2 is 2.24 bits per heavy atom. The van der Waals surface area contributed by atoms with Gasteiger partial charge in [0.25, 0.3) is 0 Å². The first kappa shape index (κ1) is 16.1. The first-order chi connectivity index (χ1) is 10.2. The summed E-state index contributed by atoms with van der Waals surface area (Å²) in [7, 11) is 1.58. The fourth-order valence-corrected chi connectivity index (χ4v) is 3.00. The standard InChI is InChI=1S/C17H28N2O2/c1-14-7-3-4-11-19(14)12-6-10-18-13-15-8-5-9-16(21-2)17(15)20/h5,8-9,14,18,20H,3-4,6-7,10-13H2,1-2H3. The molecule has 4 heteroatoms. The average molecular weight is 292 g/mol. The summed E-state index contributed by atoms with van der Waals surface area (Å²) < 4.78 is 5.12. The molecule has 1 aliphatic heterocycles. The molecule has 1 saturated heterocycles. The minimum Gasteiger partial charge on any atom is -0.504 e. The first-order valence-corrected chi connectivity index (χ1v) is 8.02. The van der Waals surface area contributed by atoms with Gasteiger partial charge in [0.05, 0.1) is 7.11 Å². The quantitative estimate of drug-likeness (QED) is 0.759. The third-order valence-electron chi connectivity index (χ3n) is 4.36. The highest BCUT2D eigenvalue weighted by atomic mass is 16.5. The number of ether oxygens (including phenoxy) is 1. The van der Waals surface area contributed by atoms with Crippen molar-refractivity contribution >= 4 is 0 Å². The summed E-state index contributed by atoms with van der Waals surface area (Å²) in [6.45, 7) is 6.40. The van der Waals surface area contributed by atoms with E-state index in [9.17, 15) is 5.11 Å². The van der Waals surface area contributed by atoms with Gasteiger partial charge in [0.2, 0.25) is 0 Å². The summed E-state index contributed by atoms with van der Waals surface area (Å²) >= 11 is 0. The van der Waals surface area contributed by atoms with E-state index in [1.54, 1.807) is 13.2 Å². The summed E-state index contributed by atoms with van der Waals surface area (Å²) in [6, 6.07) is 6.35. The number of nitrogens with one attached hydrogen (secondary N) is 1. The zero-order valence-electron chi connectivity index (χ0n) is 13.3. The summed E-state index contributed by atoms with van der Waals surface area (Å²) in [5.41, 5.74) is 0.890. The van der Waals surface area contributed by atoms with E-state index in [-0.39, 0.29) is 5.75 Å².